The molecule has 1 atom stereocenters. The number of fused-ring (bicyclic) bond motifs is 3. The van der Waals surface area contributed by atoms with Gasteiger partial charge in [-0.05, 0) is 36.4 Å². The second-order valence-electron chi connectivity index (χ2n) is 5.31. The number of carbonyl (C=O) groups excluding carboxylic acids is 1. The fourth-order valence-corrected chi connectivity index (χ4v) is 3.22. The van der Waals surface area contributed by atoms with Gasteiger partial charge >= 0.3 is 0 Å². The summed E-state index contributed by atoms with van der Waals surface area (Å²) in [5, 5.41) is 0. The maximum atomic E-state index is 12.3. The fourth-order valence-electron chi connectivity index (χ4n) is 3.22. The minimum absolute atomic E-state index is 0.107. The molecule has 4 heteroatoms. The highest BCUT2D eigenvalue weighted by atomic mass is 16.5. The van der Waals surface area contributed by atoms with E-state index in [1.165, 1.54) is 0 Å². The topological polar surface area (TPSA) is 38.8 Å². The molecule has 1 saturated heterocycles. The molecule has 1 fully saturated rings. The van der Waals surface area contributed by atoms with Crippen LogP contribution in [0.25, 0.3) is 0 Å². The normalized spacial score (nSPS) is 22.7. The van der Waals surface area contributed by atoms with Gasteiger partial charge in [0.2, 0.25) is 11.6 Å². The van der Waals surface area contributed by atoms with Gasteiger partial charge in [0, 0.05) is 18.4 Å². The van der Waals surface area contributed by atoms with Crippen LogP contribution in [0.3, 0.4) is 0 Å². The molecular weight excluding hydrogens is 266 g/mol. The predicted octanol–water partition coefficient (Wildman–Crippen LogP) is 3.07. The first-order valence-electron chi connectivity index (χ1n) is 7.00. The molecule has 0 aliphatic carbocycles. The average molecular weight is 281 g/mol. The molecule has 0 N–H and O–H groups in total. The van der Waals surface area contributed by atoms with E-state index in [0.29, 0.717) is 12.8 Å². The third kappa shape index (κ3) is 1.59. The summed E-state index contributed by atoms with van der Waals surface area (Å²) in [6, 6.07) is 15.4. The van der Waals surface area contributed by atoms with Gasteiger partial charge in [0.15, 0.2) is 0 Å². The number of rotatable bonds is 2. The highest BCUT2D eigenvalue weighted by molar-refractivity contribution is 6.00. The monoisotopic (exact) mass is 281 g/mol. The molecule has 2 heterocycles. The molecule has 21 heavy (non-hydrogen) atoms. The third-order valence-electron chi connectivity index (χ3n) is 4.21. The van der Waals surface area contributed by atoms with Gasteiger partial charge in [0.25, 0.3) is 0 Å². The van der Waals surface area contributed by atoms with Crippen LogP contribution < -0.4 is 14.4 Å². The van der Waals surface area contributed by atoms with Gasteiger partial charge < -0.3 is 9.47 Å². The maximum Gasteiger partial charge on any atom is 0.230 e. The van der Waals surface area contributed by atoms with Crippen molar-refractivity contribution in [2.24, 2.45) is 0 Å². The minimum Gasteiger partial charge on any atom is -0.497 e. The van der Waals surface area contributed by atoms with Crippen molar-refractivity contribution >= 4 is 11.6 Å². The van der Waals surface area contributed by atoms with Crippen molar-refractivity contribution in [2.45, 2.75) is 18.6 Å². The summed E-state index contributed by atoms with van der Waals surface area (Å²) in [5.41, 5.74) is 1.13. The summed E-state index contributed by atoms with van der Waals surface area (Å²) in [6.45, 7) is 0. The van der Waals surface area contributed by atoms with E-state index in [9.17, 15) is 4.79 Å². The third-order valence-corrected chi connectivity index (χ3v) is 4.21. The lowest BCUT2D eigenvalue weighted by atomic mass is 10.00. The van der Waals surface area contributed by atoms with Gasteiger partial charge in [0.1, 0.15) is 11.5 Å². The Labute approximate surface area is 122 Å². The Kier molecular flexibility index (Phi) is 2.48. The Morgan fingerprint density at radius 3 is 2.67 bits per heavy atom. The van der Waals surface area contributed by atoms with Crippen molar-refractivity contribution < 1.29 is 14.3 Å². The molecule has 0 radical (unpaired) electrons. The summed E-state index contributed by atoms with van der Waals surface area (Å²) >= 11 is 0. The van der Waals surface area contributed by atoms with Crippen LogP contribution in [-0.4, -0.2) is 13.0 Å². The summed E-state index contributed by atoms with van der Waals surface area (Å²) in [5.74, 6) is 1.67. The number of para-hydroxylation sites is 2. The number of anilines is 1. The molecule has 2 aromatic carbocycles. The van der Waals surface area contributed by atoms with Crippen LogP contribution in [-0.2, 0) is 10.5 Å². The van der Waals surface area contributed by atoms with Crippen LogP contribution in [0.1, 0.15) is 18.4 Å². The number of hydrogen-bond donors (Lipinski definition) is 0. The zero-order valence-electron chi connectivity index (χ0n) is 11.7. The second kappa shape index (κ2) is 4.25. The molecule has 4 nitrogen and oxygen atoms in total. The summed E-state index contributed by atoms with van der Waals surface area (Å²) in [4.78, 5) is 14.1. The first kappa shape index (κ1) is 12.3. The van der Waals surface area contributed by atoms with E-state index < -0.39 is 5.72 Å². The number of hydrogen-bond acceptors (Lipinski definition) is 3. The molecule has 2 aliphatic heterocycles. The first-order valence-corrected chi connectivity index (χ1v) is 7.00. The molecule has 2 aromatic rings. The van der Waals surface area contributed by atoms with E-state index in [1.54, 1.807) is 12.0 Å². The van der Waals surface area contributed by atoms with Crippen molar-refractivity contribution in [3.05, 3.63) is 54.1 Å². The fraction of sp³-hybridized carbons (Fsp3) is 0.235. The van der Waals surface area contributed by atoms with Crippen LogP contribution >= 0.6 is 0 Å². The molecule has 106 valence electrons. The number of methoxy groups -OCH3 is 1. The minimum atomic E-state index is -0.701. The van der Waals surface area contributed by atoms with E-state index in [4.69, 9.17) is 9.47 Å². The number of nitrogens with zero attached hydrogens (tertiary/aromatic N) is 1. The Hall–Kier alpha value is -2.49. The lowest BCUT2D eigenvalue weighted by molar-refractivity contribution is -0.117. The van der Waals surface area contributed by atoms with Crippen molar-refractivity contribution in [1.29, 1.82) is 0 Å². The summed E-state index contributed by atoms with van der Waals surface area (Å²) in [6.07, 6.45) is 1.16. The average Bonchev–Trinajstić information content (AvgIpc) is 3.03. The Morgan fingerprint density at radius 1 is 1.14 bits per heavy atom. The van der Waals surface area contributed by atoms with Gasteiger partial charge in [-0.15, -0.1) is 0 Å². The number of carbonyl (C=O) groups is 1. The quantitative estimate of drug-likeness (QED) is 0.849. The lowest BCUT2D eigenvalue weighted by Gasteiger charge is -2.31. The predicted molar refractivity (Wildman–Crippen MR) is 78.5 cm³/mol. The Balaban J connectivity index is 1.84. The Bertz CT molecular complexity index is 710. The van der Waals surface area contributed by atoms with E-state index in [-0.39, 0.29) is 5.91 Å². The van der Waals surface area contributed by atoms with Crippen molar-refractivity contribution in [2.75, 3.05) is 12.0 Å². The first-order chi connectivity index (χ1) is 10.2. The van der Waals surface area contributed by atoms with Gasteiger partial charge in [-0.25, -0.2) is 0 Å². The largest absolute Gasteiger partial charge is 0.497 e. The smallest absolute Gasteiger partial charge is 0.230 e. The zero-order valence-corrected chi connectivity index (χ0v) is 11.7. The van der Waals surface area contributed by atoms with Crippen LogP contribution in [0.2, 0.25) is 0 Å². The van der Waals surface area contributed by atoms with E-state index in [1.807, 2.05) is 48.5 Å². The molecular formula is C17H15NO3. The maximum absolute atomic E-state index is 12.3. The highest BCUT2D eigenvalue weighted by Gasteiger charge is 2.54. The van der Waals surface area contributed by atoms with Gasteiger partial charge in [-0.3, -0.25) is 9.69 Å². The number of amides is 1. The second-order valence-corrected chi connectivity index (χ2v) is 5.31. The summed E-state index contributed by atoms with van der Waals surface area (Å²) < 4.78 is 11.4. The van der Waals surface area contributed by atoms with Crippen LogP contribution in [0, 0.1) is 0 Å². The molecule has 2 aliphatic rings. The molecule has 0 saturated carbocycles. The van der Waals surface area contributed by atoms with E-state index >= 15 is 0 Å². The van der Waals surface area contributed by atoms with Crippen molar-refractivity contribution in [3.63, 3.8) is 0 Å². The lowest BCUT2D eigenvalue weighted by Crippen LogP contribution is -2.43. The highest BCUT2D eigenvalue weighted by Crippen LogP contribution is 2.52. The van der Waals surface area contributed by atoms with Gasteiger partial charge in [-0.1, -0.05) is 12.1 Å². The molecule has 1 amide bonds. The molecule has 4 rings (SSSR count). The molecule has 0 spiro atoms. The van der Waals surface area contributed by atoms with E-state index in [0.717, 1.165) is 22.7 Å². The van der Waals surface area contributed by atoms with Crippen molar-refractivity contribution in [1.82, 2.24) is 0 Å². The van der Waals surface area contributed by atoms with Gasteiger partial charge in [0.05, 0.1) is 12.8 Å². The number of benzene rings is 2. The van der Waals surface area contributed by atoms with Crippen LogP contribution in [0.4, 0.5) is 5.69 Å². The van der Waals surface area contributed by atoms with Gasteiger partial charge in [-0.2, -0.15) is 0 Å². The summed E-state index contributed by atoms with van der Waals surface area (Å²) in [7, 11) is 1.64. The standard InChI is InChI=1S/C17H15NO3/c1-20-13-8-6-12(7-9-13)17-11-10-16(19)18(17)14-4-2-3-5-15(14)21-17/h2-9H,10-11H2,1H3/t17-/m1/s1. The Morgan fingerprint density at radius 2 is 1.90 bits per heavy atom. The molecule has 0 aromatic heterocycles. The van der Waals surface area contributed by atoms with Crippen molar-refractivity contribution in [3.8, 4) is 11.5 Å². The van der Waals surface area contributed by atoms with E-state index in [2.05, 4.69) is 0 Å². The number of ether oxygens (including phenoxy) is 2. The molecule has 0 bridgehead atoms. The molecule has 0 unspecified atom stereocenters. The van der Waals surface area contributed by atoms with Crippen LogP contribution in [0.15, 0.2) is 48.5 Å². The van der Waals surface area contributed by atoms with Crippen LogP contribution in [0.5, 0.6) is 11.5 Å². The SMILES string of the molecule is COc1ccc([C@]23CCC(=O)N2c2ccccc2O3)cc1. The zero-order chi connectivity index (χ0) is 14.4.